The number of rotatable bonds is 2. The van der Waals surface area contributed by atoms with Crippen LogP contribution in [0.3, 0.4) is 0 Å². The molecular weight excluding hydrogens is 242 g/mol. The zero-order valence-electron chi connectivity index (χ0n) is 11.8. The summed E-state index contributed by atoms with van der Waals surface area (Å²) < 4.78 is 11.2. The first-order valence-corrected chi connectivity index (χ1v) is 7.29. The van der Waals surface area contributed by atoms with E-state index in [1.807, 2.05) is 6.92 Å². The third kappa shape index (κ3) is 2.30. The van der Waals surface area contributed by atoms with Crippen molar-refractivity contribution in [2.45, 2.75) is 63.5 Å². The molecule has 2 fully saturated rings. The van der Waals surface area contributed by atoms with Crippen molar-refractivity contribution >= 4 is 0 Å². The van der Waals surface area contributed by atoms with Crippen LogP contribution < -0.4 is 5.73 Å². The number of nitrogens with zero attached hydrogens (tertiary/aromatic N) is 2. The van der Waals surface area contributed by atoms with Gasteiger partial charge < -0.3 is 15.0 Å². The van der Waals surface area contributed by atoms with Crippen molar-refractivity contribution < 1.29 is 9.26 Å². The number of ether oxygens (including phenoxy) is 1. The van der Waals surface area contributed by atoms with E-state index in [0.29, 0.717) is 17.6 Å². The maximum Gasteiger partial charge on any atom is 0.246 e. The Morgan fingerprint density at radius 1 is 1.32 bits per heavy atom. The lowest BCUT2D eigenvalue weighted by Gasteiger charge is -2.33. The number of hydrogen-bond donors (Lipinski definition) is 1. The Balaban J connectivity index is 1.84. The summed E-state index contributed by atoms with van der Waals surface area (Å²) in [5.74, 6) is 1.86. The summed E-state index contributed by atoms with van der Waals surface area (Å²) >= 11 is 0. The van der Waals surface area contributed by atoms with Gasteiger partial charge in [-0.15, -0.1) is 0 Å². The number of aromatic nitrogens is 2. The van der Waals surface area contributed by atoms with Crippen molar-refractivity contribution in [3.8, 4) is 0 Å². The molecule has 1 saturated carbocycles. The van der Waals surface area contributed by atoms with Gasteiger partial charge in [-0.05, 0) is 38.5 Å². The first kappa shape index (κ1) is 13.1. The first-order valence-electron chi connectivity index (χ1n) is 7.29. The van der Waals surface area contributed by atoms with Gasteiger partial charge in [0.1, 0.15) is 5.60 Å². The highest BCUT2D eigenvalue weighted by atomic mass is 16.5. The van der Waals surface area contributed by atoms with Crippen LogP contribution in [0.5, 0.6) is 0 Å². The van der Waals surface area contributed by atoms with E-state index < -0.39 is 11.1 Å². The van der Waals surface area contributed by atoms with E-state index in [9.17, 15) is 0 Å². The molecule has 0 amide bonds. The minimum absolute atomic E-state index is 0.390. The van der Waals surface area contributed by atoms with Gasteiger partial charge in [-0.1, -0.05) is 24.9 Å². The molecule has 0 bridgehead atoms. The Morgan fingerprint density at radius 2 is 2.16 bits per heavy atom. The molecule has 2 N–H and O–H groups in total. The molecule has 1 saturated heterocycles. The molecule has 2 heterocycles. The third-order valence-corrected chi connectivity index (χ3v) is 4.58. The molecule has 2 aliphatic rings. The summed E-state index contributed by atoms with van der Waals surface area (Å²) in [5, 5.41) is 4.12. The molecule has 106 valence electrons. The maximum atomic E-state index is 6.49. The lowest BCUT2D eigenvalue weighted by molar-refractivity contribution is 0.00767. The quantitative estimate of drug-likeness (QED) is 0.889. The normalized spacial score (nSPS) is 39.6. The molecule has 0 radical (unpaired) electrons. The molecule has 19 heavy (non-hydrogen) atoms. The lowest BCUT2D eigenvalue weighted by atomic mass is 9.77. The smallest absolute Gasteiger partial charge is 0.246 e. The van der Waals surface area contributed by atoms with Crippen LogP contribution in [0.15, 0.2) is 4.52 Å². The SMILES string of the molecule is CC1CCCC(N)(c2nc(C3(C)CCCO3)no2)C1. The van der Waals surface area contributed by atoms with E-state index in [-0.39, 0.29) is 0 Å². The van der Waals surface area contributed by atoms with Crippen molar-refractivity contribution in [1.29, 1.82) is 0 Å². The monoisotopic (exact) mass is 265 g/mol. The zero-order valence-corrected chi connectivity index (χ0v) is 11.8. The first-order chi connectivity index (χ1) is 9.02. The van der Waals surface area contributed by atoms with E-state index >= 15 is 0 Å². The summed E-state index contributed by atoms with van der Waals surface area (Å²) in [6.07, 6.45) is 6.21. The fourth-order valence-electron chi connectivity index (χ4n) is 3.38. The van der Waals surface area contributed by atoms with Gasteiger partial charge in [-0.3, -0.25) is 0 Å². The highest BCUT2D eigenvalue weighted by Gasteiger charge is 2.41. The molecule has 1 aromatic rings. The van der Waals surface area contributed by atoms with Crippen LogP contribution >= 0.6 is 0 Å². The van der Waals surface area contributed by atoms with Crippen molar-refractivity contribution in [3.05, 3.63) is 11.7 Å². The predicted molar refractivity (Wildman–Crippen MR) is 70.3 cm³/mol. The molecule has 3 unspecified atom stereocenters. The Labute approximate surface area is 113 Å². The average Bonchev–Trinajstić information content (AvgIpc) is 2.98. The van der Waals surface area contributed by atoms with Gasteiger partial charge in [0.2, 0.25) is 11.7 Å². The van der Waals surface area contributed by atoms with Crippen molar-refractivity contribution in [1.82, 2.24) is 10.1 Å². The Hall–Kier alpha value is -0.940. The Kier molecular flexibility index (Phi) is 3.14. The molecule has 1 aromatic heterocycles. The van der Waals surface area contributed by atoms with E-state index in [4.69, 9.17) is 15.0 Å². The van der Waals surface area contributed by atoms with Crippen LogP contribution in [0, 0.1) is 5.92 Å². The second kappa shape index (κ2) is 4.56. The van der Waals surface area contributed by atoms with E-state index in [1.165, 1.54) is 6.42 Å². The van der Waals surface area contributed by atoms with E-state index in [2.05, 4.69) is 17.1 Å². The van der Waals surface area contributed by atoms with E-state index in [1.54, 1.807) is 0 Å². The van der Waals surface area contributed by atoms with Crippen LogP contribution in [0.25, 0.3) is 0 Å². The minimum Gasteiger partial charge on any atom is -0.367 e. The van der Waals surface area contributed by atoms with Crippen LogP contribution in [0.4, 0.5) is 0 Å². The maximum absolute atomic E-state index is 6.49. The average molecular weight is 265 g/mol. The number of nitrogens with two attached hydrogens (primary N) is 1. The molecule has 5 heteroatoms. The second-order valence-corrected chi connectivity index (χ2v) is 6.46. The van der Waals surface area contributed by atoms with Crippen molar-refractivity contribution in [2.24, 2.45) is 11.7 Å². The molecule has 0 aromatic carbocycles. The second-order valence-electron chi connectivity index (χ2n) is 6.46. The molecule has 0 spiro atoms. The van der Waals surface area contributed by atoms with Crippen LogP contribution in [0.1, 0.15) is 64.1 Å². The van der Waals surface area contributed by atoms with Gasteiger partial charge in [-0.25, -0.2) is 0 Å². The van der Waals surface area contributed by atoms with Crippen LogP contribution in [0.2, 0.25) is 0 Å². The Bertz CT molecular complexity index is 453. The summed E-state index contributed by atoms with van der Waals surface area (Å²) in [4.78, 5) is 4.57. The third-order valence-electron chi connectivity index (χ3n) is 4.58. The minimum atomic E-state index is -0.447. The summed E-state index contributed by atoms with van der Waals surface area (Å²) in [5.41, 5.74) is 5.65. The van der Waals surface area contributed by atoms with Crippen molar-refractivity contribution in [3.63, 3.8) is 0 Å². The van der Waals surface area contributed by atoms with Crippen LogP contribution in [-0.4, -0.2) is 16.7 Å². The van der Waals surface area contributed by atoms with Gasteiger partial charge >= 0.3 is 0 Å². The van der Waals surface area contributed by atoms with Gasteiger partial charge in [0.25, 0.3) is 0 Å². The fourth-order valence-corrected chi connectivity index (χ4v) is 3.38. The predicted octanol–water partition coefficient (Wildman–Crippen LogP) is 2.46. The highest BCUT2D eigenvalue weighted by Crippen LogP contribution is 2.39. The lowest BCUT2D eigenvalue weighted by Crippen LogP contribution is -2.41. The highest BCUT2D eigenvalue weighted by molar-refractivity contribution is 5.08. The summed E-state index contributed by atoms with van der Waals surface area (Å²) in [6.45, 7) is 5.03. The molecular formula is C14H23N3O2. The molecule has 5 nitrogen and oxygen atoms in total. The standard InChI is InChI=1S/C14H23N3O2/c1-10-5-3-7-14(15,9-10)12-16-11(17-19-12)13(2)6-4-8-18-13/h10H,3-9,15H2,1-2H3. The van der Waals surface area contributed by atoms with E-state index in [0.717, 1.165) is 38.7 Å². The molecule has 3 atom stereocenters. The summed E-state index contributed by atoms with van der Waals surface area (Å²) in [6, 6.07) is 0. The van der Waals surface area contributed by atoms with Gasteiger partial charge in [0.15, 0.2) is 0 Å². The number of hydrogen-bond acceptors (Lipinski definition) is 5. The van der Waals surface area contributed by atoms with Gasteiger partial charge in [0, 0.05) is 6.61 Å². The van der Waals surface area contributed by atoms with Gasteiger partial charge in [0.05, 0.1) is 5.54 Å². The van der Waals surface area contributed by atoms with Crippen LogP contribution in [-0.2, 0) is 15.9 Å². The zero-order chi connectivity index (χ0) is 13.5. The molecule has 3 rings (SSSR count). The summed E-state index contributed by atoms with van der Waals surface area (Å²) in [7, 11) is 0. The molecule has 1 aliphatic heterocycles. The largest absolute Gasteiger partial charge is 0.367 e. The Morgan fingerprint density at radius 3 is 2.84 bits per heavy atom. The molecule has 1 aliphatic carbocycles. The van der Waals surface area contributed by atoms with Gasteiger partial charge in [-0.2, -0.15) is 4.98 Å². The topological polar surface area (TPSA) is 74.2 Å². The fraction of sp³-hybridized carbons (Fsp3) is 0.857. The van der Waals surface area contributed by atoms with Crippen molar-refractivity contribution in [2.75, 3.05) is 6.61 Å².